The van der Waals surface area contributed by atoms with Crippen LogP contribution in [-0.2, 0) is 14.8 Å². The number of sulfonamides is 1. The maximum atomic E-state index is 13.0. The SMILES string of the molecule is Cc1cc(S(=O)(=O)Nc2cccc(-c3ccc(C(C)N[C@@H](CO)C(=O)O)cc3)c2)c(C)cc1Cl. The minimum Gasteiger partial charge on any atom is -0.480 e. The average molecular weight is 503 g/mol. The lowest BCUT2D eigenvalue weighted by Gasteiger charge is -2.19. The number of aliphatic carboxylic acids is 1. The van der Waals surface area contributed by atoms with Gasteiger partial charge in [-0.1, -0.05) is 48.0 Å². The van der Waals surface area contributed by atoms with Gasteiger partial charge >= 0.3 is 5.97 Å². The molecule has 0 aliphatic heterocycles. The molecular weight excluding hydrogens is 476 g/mol. The predicted molar refractivity (Wildman–Crippen MR) is 134 cm³/mol. The summed E-state index contributed by atoms with van der Waals surface area (Å²) in [7, 11) is -3.81. The van der Waals surface area contributed by atoms with Crippen LogP contribution in [0.3, 0.4) is 0 Å². The van der Waals surface area contributed by atoms with Gasteiger partial charge in [-0.2, -0.15) is 0 Å². The molecule has 1 unspecified atom stereocenters. The molecule has 180 valence electrons. The number of hydrogen-bond acceptors (Lipinski definition) is 5. The van der Waals surface area contributed by atoms with Gasteiger partial charge in [0.25, 0.3) is 10.0 Å². The summed E-state index contributed by atoms with van der Waals surface area (Å²) in [6.45, 7) is 4.77. The molecule has 0 saturated carbocycles. The molecule has 9 heteroatoms. The van der Waals surface area contributed by atoms with Crippen LogP contribution in [0.25, 0.3) is 11.1 Å². The number of aliphatic hydroxyl groups is 1. The summed E-state index contributed by atoms with van der Waals surface area (Å²) in [5, 5.41) is 21.7. The van der Waals surface area contributed by atoms with E-state index in [2.05, 4.69) is 10.0 Å². The molecule has 0 aromatic heterocycles. The van der Waals surface area contributed by atoms with Crippen molar-refractivity contribution >= 4 is 33.3 Å². The lowest BCUT2D eigenvalue weighted by Crippen LogP contribution is -2.41. The lowest BCUT2D eigenvalue weighted by molar-refractivity contribution is -0.140. The Morgan fingerprint density at radius 3 is 2.29 bits per heavy atom. The third-order valence-corrected chi connectivity index (χ3v) is 7.47. The highest BCUT2D eigenvalue weighted by Crippen LogP contribution is 2.28. The molecule has 7 nitrogen and oxygen atoms in total. The monoisotopic (exact) mass is 502 g/mol. The van der Waals surface area contributed by atoms with Crippen LogP contribution in [0.2, 0.25) is 5.02 Å². The Morgan fingerprint density at radius 1 is 1.00 bits per heavy atom. The van der Waals surface area contributed by atoms with E-state index in [0.29, 0.717) is 21.8 Å². The molecule has 0 heterocycles. The predicted octanol–water partition coefficient (Wildman–Crippen LogP) is 4.52. The maximum absolute atomic E-state index is 13.0. The number of carbonyl (C=O) groups is 1. The number of aryl methyl sites for hydroxylation is 2. The molecular formula is C25H27ClN2O5S. The van der Waals surface area contributed by atoms with Gasteiger partial charge in [0.1, 0.15) is 6.04 Å². The summed E-state index contributed by atoms with van der Waals surface area (Å²) in [6, 6.07) is 16.4. The first-order valence-electron chi connectivity index (χ1n) is 10.6. The van der Waals surface area contributed by atoms with Crippen LogP contribution in [0.15, 0.2) is 65.6 Å². The average Bonchev–Trinajstić information content (AvgIpc) is 2.79. The Kier molecular flexibility index (Phi) is 7.99. The minimum absolute atomic E-state index is 0.174. The molecule has 3 aromatic rings. The zero-order valence-electron chi connectivity index (χ0n) is 19.0. The highest BCUT2D eigenvalue weighted by Gasteiger charge is 2.20. The molecule has 0 saturated heterocycles. The van der Waals surface area contributed by atoms with Crippen molar-refractivity contribution in [3.05, 3.63) is 82.4 Å². The number of anilines is 1. The molecule has 0 bridgehead atoms. The summed E-state index contributed by atoms with van der Waals surface area (Å²) >= 11 is 6.10. The number of benzene rings is 3. The second-order valence-corrected chi connectivity index (χ2v) is 10.2. The quantitative estimate of drug-likeness (QED) is 0.342. The van der Waals surface area contributed by atoms with Gasteiger partial charge in [-0.15, -0.1) is 0 Å². The van der Waals surface area contributed by atoms with Crippen LogP contribution in [-0.4, -0.2) is 37.2 Å². The van der Waals surface area contributed by atoms with Crippen LogP contribution in [0.5, 0.6) is 0 Å². The van der Waals surface area contributed by atoms with Crippen LogP contribution >= 0.6 is 11.6 Å². The van der Waals surface area contributed by atoms with E-state index < -0.39 is 28.6 Å². The van der Waals surface area contributed by atoms with Crippen LogP contribution in [0.4, 0.5) is 5.69 Å². The van der Waals surface area contributed by atoms with E-state index in [1.165, 1.54) is 0 Å². The molecule has 0 spiro atoms. The zero-order chi connectivity index (χ0) is 25.0. The Labute approximate surface area is 204 Å². The van der Waals surface area contributed by atoms with E-state index in [4.69, 9.17) is 16.7 Å². The minimum atomic E-state index is -3.81. The maximum Gasteiger partial charge on any atom is 0.323 e. The Balaban J connectivity index is 1.80. The third kappa shape index (κ3) is 5.95. The highest BCUT2D eigenvalue weighted by atomic mass is 35.5. The van der Waals surface area contributed by atoms with E-state index in [0.717, 1.165) is 16.7 Å². The number of hydrogen-bond donors (Lipinski definition) is 4. The highest BCUT2D eigenvalue weighted by molar-refractivity contribution is 7.92. The summed E-state index contributed by atoms with van der Waals surface area (Å²) < 4.78 is 28.6. The van der Waals surface area contributed by atoms with E-state index in [-0.39, 0.29) is 10.9 Å². The molecule has 0 amide bonds. The fraction of sp³-hybridized carbons (Fsp3) is 0.240. The van der Waals surface area contributed by atoms with Crippen LogP contribution < -0.4 is 10.0 Å². The van der Waals surface area contributed by atoms with Crippen molar-refractivity contribution in [1.82, 2.24) is 5.32 Å². The van der Waals surface area contributed by atoms with Crippen molar-refractivity contribution in [3.8, 4) is 11.1 Å². The Hall–Kier alpha value is -2.91. The standard InChI is InChI=1S/C25H27ClN2O5S/c1-15-12-24(16(2)11-22(15)26)34(32,33)28-21-6-4-5-20(13-21)19-9-7-18(8-10-19)17(3)27-23(14-29)25(30)31/h4-13,17,23,27-29H,14H2,1-3H3,(H,30,31)/t17?,23-/m0/s1. The topological polar surface area (TPSA) is 116 Å². The van der Waals surface area contributed by atoms with Gasteiger partial charge in [-0.05, 0) is 72.9 Å². The molecule has 0 fully saturated rings. The summed E-state index contributed by atoms with van der Waals surface area (Å²) in [5.74, 6) is -1.12. The van der Waals surface area contributed by atoms with Gasteiger partial charge in [0.15, 0.2) is 0 Å². The summed E-state index contributed by atoms with van der Waals surface area (Å²) in [6.07, 6.45) is 0. The number of rotatable bonds is 9. The summed E-state index contributed by atoms with van der Waals surface area (Å²) in [5.41, 5.74) is 4.20. The first-order valence-corrected chi connectivity index (χ1v) is 12.5. The van der Waals surface area contributed by atoms with Gasteiger partial charge in [-0.25, -0.2) is 8.42 Å². The molecule has 0 radical (unpaired) electrons. The number of halogens is 1. The van der Waals surface area contributed by atoms with Gasteiger partial charge in [0.2, 0.25) is 0 Å². The molecule has 0 aliphatic carbocycles. The normalized spacial score (nSPS) is 13.3. The molecule has 3 aromatic carbocycles. The molecule has 34 heavy (non-hydrogen) atoms. The van der Waals surface area contributed by atoms with Gasteiger partial charge in [-0.3, -0.25) is 14.8 Å². The van der Waals surface area contributed by atoms with Gasteiger partial charge in [0.05, 0.1) is 11.5 Å². The number of aliphatic hydroxyl groups excluding tert-OH is 1. The van der Waals surface area contributed by atoms with Crippen molar-refractivity contribution in [2.45, 2.75) is 37.8 Å². The van der Waals surface area contributed by atoms with E-state index in [1.807, 2.05) is 37.3 Å². The first-order chi connectivity index (χ1) is 16.0. The molecule has 4 N–H and O–H groups in total. The van der Waals surface area contributed by atoms with Crippen molar-refractivity contribution in [1.29, 1.82) is 0 Å². The second kappa shape index (κ2) is 10.6. The molecule has 3 rings (SSSR count). The second-order valence-electron chi connectivity index (χ2n) is 8.14. The third-order valence-electron chi connectivity index (χ3n) is 5.54. The van der Waals surface area contributed by atoms with Crippen molar-refractivity contribution in [2.75, 3.05) is 11.3 Å². The lowest BCUT2D eigenvalue weighted by atomic mass is 10.0. The molecule has 0 aliphatic rings. The van der Waals surface area contributed by atoms with Gasteiger partial charge < -0.3 is 10.2 Å². The van der Waals surface area contributed by atoms with E-state index >= 15 is 0 Å². The Bertz CT molecular complexity index is 1290. The number of carboxylic acids is 1. The smallest absolute Gasteiger partial charge is 0.323 e. The van der Waals surface area contributed by atoms with E-state index in [9.17, 15) is 18.3 Å². The first kappa shape index (κ1) is 25.7. The van der Waals surface area contributed by atoms with E-state index in [1.54, 1.807) is 44.2 Å². The number of nitrogens with one attached hydrogen (secondary N) is 2. The zero-order valence-corrected chi connectivity index (χ0v) is 20.6. The number of carboxylic acid groups (broad SMARTS) is 1. The largest absolute Gasteiger partial charge is 0.480 e. The van der Waals surface area contributed by atoms with Crippen LogP contribution in [0.1, 0.15) is 29.7 Å². The van der Waals surface area contributed by atoms with Crippen molar-refractivity contribution < 1.29 is 23.4 Å². The van der Waals surface area contributed by atoms with Gasteiger partial charge in [0, 0.05) is 16.8 Å². The molecule has 2 atom stereocenters. The van der Waals surface area contributed by atoms with Crippen molar-refractivity contribution in [3.63, 3.8) is 0 Å². The van der Waals surface area contributed by atoms with Crippen molar-refractivity contribution in [2.24, 2.45) is 0 Å². The fourth-order valence-corrected chi connectivity index (χ4v) is 5.16. The fourth-order valence-electron chi connectivity index (χ4n) is 3.58. The summed E-state index contributed by atoms with van der Waals surface area (Å²) in [4.78, 5) is 11.3. The van der Waals surface area contributed by atoms with Crippen LogP contribution in [0, 0.1) is 13.8 Å². The Morgan fingerprint density at radius 2 is 1.68 bits per heavy atom.